The number of carbonyl (C=O) groups is 2. The average Bonchev–Trinajstić information content (AvgIpc) is 2.16. The van der Waals surface area contributed by atoms with E-state index in [0.717, 1.165) is 13.0 Å². The summed E-state index contributed by atoms with van der Waals surface area (Å²) in [7, 11) is 0. The Labute approximate surface area is 71.9 Å². The molecular formula is C8H14N2O2. The van der Waals surface area contributed by atoms with Gasteiger partial charge in [0.05, 0.1) is 0 Å². The highest BCUT2D eigenvalue weighted by atomic mass is 16.1. The van der Waals surface area contributed by atoms with Gasteiger partial charge in [-0.25, -0.2) is 0 Å². The van der Waals surface area contributed by atoms with Crippen LogP contribution in [0.15, 0.2) is 0 Å². The number of piperazine rings is 1. The number of nitrogens with zero attached hydrogens (tertiary/aromatic N) is 1. The van der Waals surface area contributed by atoms with Gasteiger partial charge in [-0.2, -0.15) is 0 Å². The van der Waals surface area contributed by atoms with Gasteiger partial charge >= 0.3 is 0 Å². The number of hydrogen-bond acceptors (Lipinski definition) is 3. The highest BCUT2D eigenvalue weighted by molar-refractivity contribution is 5.85. The molecule has 0 bridgehead atoms. The van der Waals surface area contributed by atoms with E-state index in [9.17, 15) is 9.59 Å². The van der Waals surface area contributed by atoms with Crippen LogP contribution in [0.2, 0.25) is 0 Å². The van der Waals surface area contributed by atoms with Crippen molar-refractivity contribution in [3.05, 3.63) is 0 Å². The highest BCUT2D eigenvalue weighted by Crippen LogP contribution is 2.03. The van der Waals surface area contributed by atoms with E-state index in [2.05, 4.69) is 5.32 Å². The van der Waals surface area contributed by atoms with Gasteiger partial charge in [0.1, 0.15) is 6.04 Å². The molecule has 1 atom stereocenters. The number of hydrogen-bond donors (Lipinski definition) is 1. The van der Waals surface area contributed by atoms with Gasteiger partial charge in [0.25, 0.3) is 0 Å². The first-order chi connectivity index (χ1) is 5.79. The quantitative estimate of drug-likeness (QED) is 0.575. The summed E-state index contributed by atoms with van der Waals surface area (Å²) in [6.07, 6.45) is 1.26. The van der Waals surface area contributed by atoms with Crippen LogP contribution in [0.1, 0.15) is 13.3 Å². The lowest BCUT2D eigenvalue weighted by Gasteiger charge is -2.31. The fourth-order valence-corrected chi connectivity index (χ4v) is 1.38. The molecule has 0 aromatic rings. The summed E-state index contributed by atoms with van der Waals surface area (Å²) in [4.78, 5) is 23.4. The van der Waals surface area contributed by atoms with Crippen molar-refractivity contribution in [2.24, 2.45) is 0 Å². The van der Waals surface area contributed by atoms with Crippen molar-refractivity contribution in [2.45, 2.75) is 19.4 Å². The summed E-state index contributed by atoms with van der Waals surface area (Å²) >= 11 is 0. The topological polar surface area (TPSA) is 49.4 Å². The largest absolute Gasteiger partial charge is 0.333 e. The number of rotatable bonds is 3. The van der Waals surface area contributed by atoms with Crippen molar-refractivity contribution in [1.82, 2.24) is 10.2 Å². The minimum absolute atomic E-state index is 0.134. The molecule has 4 heteroatoms. The molecule has 0 saturated carbocycles. The number of amides is 1. The predicted molar refractivity (Wildman–Crippen MR) is 44.7 cm³/mol. The Bertz CT molecular complexity index is 182. The third kappa shape index (κ3) is 1.82. The maximum atomic E-state index is 11.3. The third-order valence-electron chi connectivity index (χ3n) is 2.14. The van der Waals surface area contributed by atoms with Gasteiger partial charge in [-0.3, -0.25) is 9.59 Å². The maximum Gasteiger partial charge on any atom is 0.210 e. The number of carbonyl (C=O) groups excluding carboxylic acids is 2. The smallest absolute Gasteiger partial charge is 0.210 e. The summed E-state index contributed by atoms with van der Waals surface area (Å²) in [5, 5.41) is 3.09. The zero-order valence-corrected chi connectivity index (χ0v) is 7.25. The average molecular weight is 170 g/mol. The van der Waals surface area contributed by atoms with Crippen molar-refractivity contribution < 1.29 is 9.59 Å². The summed E-state index contributed by atoms with van der Waals surface area (Å²) in [6.45, 7) is 3.84. The Morgan fingerprint density at radius 3 is 3.08 bits per heavy atom. The third-order valence-corrected chi connectivity index (χ3v) is 2.14. The summed E-state index contributed by atoms with van der Waals surface area (Å²) in [6, 6.07) is -0.235. The first kappa shape index (κ1) is 9.19. The fourth-order valence-electron chi connectivity index (χ4n) is 1.38. The molecule has 1 aliphatic heterocycles. The lowest BCUT2D eigenvalue weighted by Crippen LogP contribution is -2.54. The first-order valence-electron chi connectivity index (χ1n) is 4.24. The predicted octanol–water partition coefficient (Wildman–Crippen LogP) is -0.604. The molecule has 1 unspecified atom stereocenters. The van der Waals surface area contributed by atoms with Crippen molar-refractivity contribution >= 4 is 12.2 Å². The minimum atomic E-state index is -0.235. The van der Waals surface area contributed by atoms with Gasteiger partial charge in [-0.15, -0.1) is 0 Å². The van der Waals surface area contributed by atoms with E-state index in [0.29, 0.717) is 19.5 Å². The van der Waals surface area contributed by atoms with E-state index in [1.54, 1.807) is 4.90 Å². The van der Waals surface area contributed by atoms with Crippen LogP contribution in [0.5, 0.6) is 0 Å². The number of nitrogens with one attached hydrogen (secondary N) is 1. The molecule has 1 aliphatic rings. The van der Waals surface area contributed by atoms with Crippen LogP contribution in [-0.4, -0.2) is 42.8 Å². The second-order valence-corrected chi connectivity index (χ2v) is 2.88. The molecule has 1 N–H and O–H groups in total. The number of Topliss-reactive ketones (excluding diaryl/α,β-unsaturated/α-hetero) is 1. The van der Waals surface area contributed by atoms with Crippen molar-refractivity contribution in [3.8, 4) is 0 Å². The lowest BCUT2D eigenvalue weighted by molar-refractivity contribution is -0.132. The van der Waals surface area contributed by atoms with Crippen LogP contribution in [0.25, 0.3) is 0 Å². The summed E-state index contributed by atoms with van der Waals surface area (Å²) in [5.74, 6) is 0.134. The second kappa shape index (κ2) is 4.21. The van der Waals surface area contributed by atoms with Crippen molar-refractivity contribution in [2.75, 3.05) is 19.6 Å². The van der Waals surface area contributed by atoms with Crippen LogP contribution in [0.3, 0.4) is 0 Å². The molecule has 68 valence electrons. The first-order valence-corrected chi connectivity index (χ1v) is 4.24. The van der Waals surface area contributed by atoms with Gasteiger partial charge in [-0.05, 0) is 0 Å². The molecular weight excluding hydrogens is 156 g/mol. The molecule has 0 spiro atoms. The van der Waals surface area contributed by atoms with E-state index in [-0.39, 0.29) is 11.8 Å². The fraction of sp³-hybridized carbons (Fsp3) is 0.750. The zero-order valence-electron chi connectivity index (χ0n) is 7.25. The van der Waals surface area contributed by atoms with E-state index in [1.807, 2.05) is 6.92 Å². The summed E-state index contributed by atoms with van der Waals surface area (Å²) in [5.41, 5.74) is 0. The van der Waals surface area contributed by atoms with Gasteiger partial charge < -0.3 is 10.2 Å². The van der Waals surface area contributed by atoms with Gasteiger partial charge in [-0.1, -0.05) is 6.92 Å². The molecule has 12 heavy (non-hydrogen) atoms. The molecule has 1 amide bonds. The van der Waals surface area contributed by atoms with Gasteiger partial charge in [0, 0.05) is 26.1 Å². The molecule has 1 saturated heterocycles. The lowest BCUT2D eigenvalue weighted by atomic mass is 10.1. The SMILES string of the molecule is CCC(=O)C1CNCCN1C=O. The zero-order chi connectivity index (χ0) is 8.97. The maximum absolute atomic E-state index is 11.3. The Hall–Kier alpha value is -0.900. The Morgan fingerprint density at radius 2 is 2.50 bits per heavy atom. The van der Waals surface area contributed by atoms with Crippen LogP contribution in [-0.2, 0) is 9.59 Å². The standard InChI is InChI=1S/C8H14N2O2/c1-2-8(12)7-5-9-3-4-10(7)6-11/h6-7,9H,2-5H2,1H3. The second-order valence-electron chi connectivity index (χ2n) is 2.88. The minimum Gasteiger partial charge on any atom is -0.333 e. The normalized spacial score (nSPS) is 23.8. The van der Waals surface area contributed by atoms with E-state index >= 15 is 0 Å². The molecule has 1 rings (SSSR count). The van der Waals surface area contributed by atoms with Crippen LogP contribution in [0.4, 0.5) is 0 Å². The van der Waals surface area contributed by atoms with Crippen molar-refractivity contribution in [1.29, 1.82) is 0 Å². The molecule has 0 aromatic carbocycles. The van der Waals surface area contributed by atoms with E-state index < -0.39 is 0 Å². The van der Waals surface area contributed by atoms with Crippen molar-refractivity contribution in [3.63, 3.8) is 0 Å². The van der Waals surface area contributed by atoms with Crippen LogP contribution in [0, 0.1) is 0 Å². The molecule has 0 aliphatic carbocycles. The number of ketones is 1. The summed E-state index contributed by atoms with van der Waals surface area (Å²) < 4.78 is 0. The Morgan fingerprint density at radius 1 is 1.75 bits per heavy atom. The Balaban J connectivity index is 2.58. The monoisotopic (exact) mass is 170 g/mol. The van der Waals surface area contributed by atoms with E-state index in [4.69, 9.17) is 0 Å². The van der Waals surface area contributed by atoms with Gasteiger partial charge in [0.2, 0.25) is 6.41 Å². The molecule has 4 nitrogen and oxygen atoms in total. The molecule has 0 radical (unpaired) electrons. The molecule has 1 heterocycles. The molecule has 0 aromatic heterocycles. The molecule has 1 fully saturated rings. The van der Waals surface area contributed by atoms with Gasteiger partial charge in [0.15, 0.2) is 5.78 Å². The van der Waals surface area contributed by atoms with Crippen LogP contribution >= 0.6 is 0 Å². The highest BCUT2D eigenvalue weighted by Gasteiger charge is 2.25. The van der Waals surface area contributed by atoms with E-state index in [1.165, 1.54) is 0 Å². The Kier molecular flexibility index (Phi) is 3.22. The van der Waals surface area contributed by atoms with Crippen LogP contribution < -0.4 is 5.32 Å².